The minimum Gasteiger partial charge on any atom is -0.379 e. The van der Waals surface area contributed by atoms with Gasteiger partial charge < -0.3 is 14.0 Å². The molecule has 0 radical (unpaired) electrons. The molecule has 2 aromatic heterocycles. The number of benzene rings is 1. The molecule has 1 saturated heterocycles. The minimum absolute atomic E-state index is 0.104. The van der Waals surface area contributed by atoms with Gasteiger partial charge in [-0.25, -0.2) is 4.98 Å². The van der Waals surface area contributed by atoms with Crippen LogP contribution in [0.1, 0.15) is 29.7 Å². The Morgan fingerprint density at radius 3 is 2.64 bits per heavy atom. The van der Waals surface area contributed by atoms with Crippen molar-refractivity contribution in [3.8, 4) is 11.3 Å². The number of imidazole rings is 1. The number of aromatic nitrogens is 2. The number of nitrogens with zero attached hydrogens (tertiary/aromatic N) is 3. The summed E-state index contributed by atoms with van der Waals surface area (Å²) in [6.07, 6.45) is 4.39. The molecule has 0 aliphatic carbocycles. The van der Waals surface area contributed by atoms with Crippen LogP contribution in [-0.4, -0.2) is 46.5 Å². The average Bonchev–Trinajstić information content (AvgIpc) is 3.06. The van der Waals surface area contributed by atoms with E-state index in [4.69, 9.17) is 9.72 Å². The van der Waals surface area contributed by atoms with Crippen molar-refractivity contribution in [1.82, 2.24) is 14.3 Å². The summed E-state index contributed by atoms with van der Waals surface area (Å²) in [6.45, 7) is 5.55. The zero-order chi connectivity index (χ0) is 19.7. The van der Waals surface area contributed by atoms with Gasteiger partial charge in [0, 0.05) is 25.4 Å². The molecule has 0 spiro atoms. The van der Waals surface area contributed by atoms with E-state index in [1.54, 1.807) is 0 Å². The second kappa shape index (κ2) is 7.76. The summed E-state index contributed by atoms with van der Waals surface area (Å²) in [5, 5.41) is 0. The Balaban J connectivity index is 1.71. The lowest BCUT2D eigenvalue weighted by Crippen LogP contribution is -2.43. The number of ether oxygens (including phenoxy) is 1. The van der Waals surface area contributed by atoms with Crippen molar-refractivity contribution in [3.63, 3.8) is 0 Å². The summed E-state index contributed by atoms with van der Waals surface area (Å²) in [5.74, 6) is 0.104. The lowest BCUT2D eigenvalue weighted by Gasteiger charge is -2.31. The largest absolute Gasteiger partial charge is 0.379 e. The van der Waals surface area contributed by atoms with Crippen molar-refractivity contribution in [3.05, 3.63) is 59.4 Å². The molecule has 1 aromatic carbocycles. The number of pyridine rings is 1. The van der Waals surface area contributed by atoms with Gasteiger partial charge in [-0.15, -0.1) is 0 Å². The number of carbonyl (C=O) groups is 1. The third-order valence-electron chi connectivity index (χ3n) is 5.59. The highest BCUT2D eigenvalue weighted by molar-refractivity contribution is 5.82. The first-order valence-corrected chi connectivity index (χ1v) is 9.91. The highest BCUT2D eigenvalue weighted by Crippen LogP contribution is 2.26. The molecule has 3 aromatic rings. The van der Waals surface area contributed by atoms with Crippen LogP contribution in [-0.2, 0) is 16.0 Å². The summed E-state index contributed by atoms with van der Waals surface area (Å²) in [7, 11) is 1.89. The highest BCUT2D eigenvalue weighted by atomic mass is 16.5. The van der Waals surface area contributed by atoms with Crippen LogP contribution in [0.4, 0.5) is 0 Å². The molecule has 0 saturated carbocycles. The van der Waals surface area contributed by atoms with Gasteiger partial charge in [0.15, 0.2) is 0 Å². The third-order valence-corrected chi connectivity index (χ3v) is 5.59. The van der Waals surface area contributed by atoms with E-state index in [9.17, 15) is 4.79 Å². The van der Waals surface area contributed by atoms with Crippen LogP contribution in [0.3, 0.4) is 0 Å². The summed E-state index contributed by atoms with van der Waals surface area (Å²) in [5.41, 5.74) is 6.08. The van der Waals surface area contributed by atoms with Crippen LogP contribution < -0.4 is 0 Å². The molecule has 5 nitrogen and oxygen atoms in total. The maximum absolute atomic E-state index is 13.1. The number of carbonyl (C=O) groups excluding carboxylic acids is 1. The van der Waals surface area contributed by atoms with E-state index >= 15 is 0 Å². The first kappa shape index (κ1) is 18.7. The summed E-state index contributed by atoms with van der Waals surface area (Å²) >= 11 is 0. The van der Waals surface area contributed by atoms with Crippen LogP contribution in [0.5, 0.6) is 0 Å². The fourth-order valence-corrected chi connectivity index (χ4v) is 3.81. The van der Waals surface area contributed by atoms with E-state index in [2.05, 4.69) is 54.8 Å². The predicted molar refractivity (Wildman–Crippen MR) is 110 cm³/mol. The molecular formula is C23H27N3O2. The first-order valence-electron chi connectivity index (χ1n) is 9.91. The average molecular weight is 377 g/mol. The van der Waals surface area contributed by atoms with Crippen molar-refractivity contribution in [2.75, 3.05) is 20.3 Å². The normalized spacial score (nSPS) is 17.0. The topological polar surface area (TPSA) is 46.8 Å². The van der Waals surface area contributed by atoms with E-state index in [1.165, 1.54) is 5.56 Å². The number of fused-ring (bicyclic) bond motifs is 1. The van der Waals surface area contributed by atoms with Crippen molar-refractivity contribution < 1.29 is 9.53 Å². The van der Waals surface area contributed by atoms with Crippen LogP contribution in [0.25, 0.3) is 16.9 Å². The Hall–Kier alpha value is -2.66. The standard InChI is InChI=1S/C23H27N3O2/c1-16-6-9-18(10-7-16)23-20(26-14-17(2)8-11-21(26)24-23)13-22(27)25(3)19-5-4-12-28-15-19/h6-11,14,19H,4-5,12-13,15H2,1-3H3. The van der Waals surface area contributed by atoms with Gasteiger partial charge in [-0.3, -0.25) is 4.79 Å². The van der Waals surface area contributed by atoms with Gasteiger partial charge in [0.2, 0.25) is 5.91 Å². The highest BCUT2D eigenvalue weighted by Gasteiger charge is 2.25. The Labute approximate surface area is 166 Å². The molecule has 0 bridgehead atoms. The number of hydrogen-bond donors (Lipinski definition) is 0. The Kier molecular flexibility index (Phi) is 5.18. The van der Waals surface area contributed by atoms with Gasteiger partial charge in [-0.05, 0) is 38.3 Å². The molecule has 1 aliphatic rings. The van der Waals surface area contributed by atoms with Gasteiger partial charge in [0.1, 0.15) is 5.65 Å². The van der Waals surface area contributed by atoms with Gasteiger partial charge in [-0.2, -0.15) is 0 Å². The SMILES string of the molecule is Cc1ccc(-c2nc3ccc(C)cn3c2CC(=O)N(C)C2CCCOC2)cc1. The smallest absolute Gasteiger partial charge is 0.228 e. The lowest BCUT2D eigenvalue weighted by atomic mass is 10.1. The molecule has 3 heterocycles. The van der Waals surface area contributed by atoms with Crippen molar-refractivity contribution in [2.45, 2.75) is 39.2 Å². The van der Waals surface area contributed by atoms with Gasteiger partial charge in [0.05, 0.1) is 30.5 Å². The summed E-state index contributed by atoms with van der Waals surface area (Å²) < 4.78 is 7.63. The number of hydrogen-bond acceptors (Lipinski definition) is 3. The van der Waals surface area contributed by atoms with E-state index in [-0.39, 0.29) is 11.9 Å². The first-order chi connectivity index (χ1) is 13.5. The fourth-order valence-electron chi connectivity index (χ4n) is 3.81. The maximum atomic E-state index is 13.1. The molecule has 4 rings (SSSR count). The molecular weight excluding hydrogens is 350 g/mol. The second-order valence-electron chi connectivity index (χ2n) is 7.76. The van der Waals surface area contributed by atoms with Gasteiger partial charge >= 0.3 is 0 Å². The van der Waals surface area contributed by atoms with Crippen molar-refractivity contribution in [1.29, 1.82) is 0 Å². The van der Waals surface area contributed by atoms with Crippen LogP contribution >= 0.6 is 0 Å². The molecule has 0 N–H and O–H groups in total. The Morgan fingerprint density at radius 1 is 1.18 bits per heavy atom. The number of aryl methyl sites for hydroxylation is 2. The molecule has 1 aliphatic heterocycles. The summed E-state index contributed by atoms with van der Waals surface area (Å²) in [6, 6.07) is 12.6. The minimum atomic E-state index is 0.104. The lowest BCUT2D eigenvalue weighted by molar-refractivity contribution is -0.133. The van der Waals surface area contributed by atoms with E-state index in [0.29, 0.717) is 13.0 Å². The van der Waals surface area contributed by atoms with Crippen molar-refractivity contribution in [2.24, 2.45) is 0 Å². The molecule has 5 heteroatoms. The van der Waals surface area contributed by atoms with E-state index in [1.807, 2.05) is 18.0 Å². The van der Waals surface area contributed by atoms with Crippen LogP contribution in [0, 0.1) is 13.8 Å². The number of amides is 1. The summed E-state index contributed by atoms with van der Waals surface area (Å²) in [4.78, 5) is 19.8. The quantitative estimate of drug-likeness (QED) is 0.695. The molecule has 1 unspecified atom stereocenters. The Bertz CT molecular complexity index is 985. The molecule has 1 atom stereocenters. The molecule has 1 fully saturated rings. The van der Waals surface area contributed by atoms with Gasteiger partial charge in [0.25, 0.3) is 0 Å². The van der Waals surface area contributed by atoms with E-state index in [0.717, 1.165) is 47.6 Å². The zero-order valence-electron chi connectivity index (χ0n) is 16.8. The Morgan fingerprint density at radius 2 is 1.93 bits per heavy atom. The van der Waals surface area contributed by atoms with E-state index < -0.39 is 0 Å². The maximum Gasteiger partial charge on any atom is 0.228 e. The fraction of sp³-hybridized carbons (Fsp3) is 0.391. The monoisotopic (exact) mass is 377 g/mol. The van der Waals surface area contributed by atoms with Crippen LogP contribution in [0.15, 0.2) is 42.6 Å². The molecule has 1 amide bonds. The molecule has 146 valence electrons. The van der Waals surface area contributed by atoms with Gasteiger partial charge in [-0.1, -0.05) is 35.9 Å². The second-order valence-corrected chi connectivity index (χ2v) is 7.76. The number of rotatable bonds is 4. The van der Waals surface area contributed by atoms with Crippen LogP contribution in [0.2, 0.25) is 0 Å². The zero-order valence-corrected chi connectivity index (χ0v) is 16.8. The third kappa shape index (κ3) is 3.67. The number of likely N-dealkylation sites (N-methyl/N-ethyl adjacent to an activating group) is 1. The molecule has 28 heavy (non-hydrogen) atoms. The van der Waals surface area contributed by atoms with Crippen molar-refractivity contribution >= 4 is 11.6 Å². The predicted octanol–water partition coefficient (Wildman–Crippen LogP) is 3.80.